The molecule has 2 nitrogen and oxygen atoms in total. The van der Waals surface area contributed by atoms with Gasteiger partial charge in [0.2, 0.25) is 0 Å². The van der Waals surface area contributed by atoms with Gasteiger partial charge in [0.1, 0.15) is 11.6 Å². The molecule has 0 spiro atoms. The van der Waals surface area contributed by atoms with Crippen molar-refractivity contribution in [2.75, 3.05) is 6.54 Å². The van der Waals surface area contributed by atoms with Crippen LogP contribution in [0.2, 0.25) is 0 Å². The molecule has 0 radical (unpaired) electrons. The van der Waals surface area contributed by atoms with Crippen LogP contribution in [-0.4, -0.2) is 6.54 Å². The van der Waals surface area contributed by atoms with E-state index >= 15 is 0 Å². The molecule has 1 aromatic carbocycles. The first-order valence-electron chi connectivity index (χ1n) is 6.24. The lowest BCUT2D eigenvalue weighted by Gasteiger charge is -2.17. The van der Waals surface area contributed by atoms with Crippen LogP contribution in [0, 0.1) is 12.7 Å². The van der Waals surface area contributed by atoms with E-state index in [9.17, 15) is 4.39 Å². The number of aryl methyl sites for hydroxylation is 1. The summed E-state index contributed by atoms with van der Waals surface area (Å²) < 4.78 is 18.9. The molecule has 2 rings (SSSR count). The summed E-state index contributed by atoms with van der Waals surface area (Å²) in [6.07, 6.45) is 2.66. The van der Waals surface area contributed by atoms with Crippen LogP contribution in [0.3, 0.4) is 0 Å². The molecule has 1 unspecified atom stereocenters. The minimum atomic E-state index is -0.208. The van der Waals surface area contributed by atoms with Crippen LogP contribution >= 0.6 is 0 Å². The van der Waals surface area contributed by atoms with Crippen molar-refractivity contribution in [3.8, 4) is 0 Å². The molecule has 0 aliphatic carbocycles. The van der Waals surface area contributed by atoms with Gasteiger partial charge in [-0.2, -0.15) is 0 Å². The van der Waals surface area contributed by atoms with E-state index < -0.39 is 0 Å². The predicted octanol–water partition coefficient (Wildman–Crippen LogP) is 3.82. The van der Waals surface area contributed by atoms with E-state index in [1.165, 1.54) is 6.07 Å². The molecule has 0 bridgehead atoms. The van der Waals surface area contributed by atoms with Crippen molar-refractivity contribution in [1.82, 2.24) is 5.32 Å². The zero-order valence-electron chi connectivity index (χ0n) is 10.7. The topological polar surface area (TPSA) is 25.2 Å². The Bertz CT molecular complexity index is 473. The van der Waals surface area contributed by atoms with Crippen LogP contribution in [0.25, 0.3) is 0 Å². The van der Waals surface area contributed by atoms with Gasteiger partial charge in [0.15, 0.2) is 0 Å². The Morgan fingerprint density at radius 3 is 2.78 bits per heavy atom. The van der Waals surface area contributed by atoms with Crippen LogP contribution in [0.15, 0.2) is 41.0 Å². The molecule has 0 fully saturated rings. The van der Waals surface area contributed by atoms with Gasteiger partial charge in [0.05, 0.1) is 12.3 Å². The molecule has 1 heterocycles. The number of furan rings is 1. The summed E-state index contributed by atoms with van der Waals surface area (Å²) in [5.41, 5.74) is 1.82. The summed E-state index contributed by atoms with van der Waals surface area (Å²) >= 11 is 0. The van der Waals surface area contributed by atoms with Crippen LogP contribution in [0.1, 0.15) is 36.3 Å². The van der Waals surface area contributed by atoms with Gasteiger partial charge in [-0.1, -0.05) is 13.0 Å². The second-order valence-corrected chi connectivity index (χ2v) is 4.46. The van der Waals surface area contributed by atoms with Gasteiger partial charge >= 0.3 is 0 Å². The lowest BCUT2D eigenvalue weighted by atomic mass is 10.0. The Labute approximate surface area is 107 Å². The number of hydrogen-bond donors (Lipinski definition) is 1. The van der Waals surface area contributed by atoms with E-state index in [0.717, 1.165) is 29.9 Å². The zero-order chi connectivity index (χ0) is 13.0. The summed E-state index contributed by atoms with van der Waals surface area (Å²) in [6, 6.07) is 8.74. The summed E-state index contributed by atoms with van der Waals surface area (Å²) in [6.45, 7) is 4.86. The van der Waals surface area contributed by atoms with E-state index in [4.69, 9.17) is 4.42 Å². The van der Waals surface area contributed by atoms with E-state index in [2.05, 4.69) is 12.2 Å². The van der Waals surface area contributed by atoms with E-state index in [-0.39, 0.29) is 11.9 Å². The molecular formula is C15H18FNO. The van der Waals surface area contributed by atoms with Crippen molar-refractivity contribution in [3.05, 3.63) is 59.3 Å². The molecule has 1 N–H and O–H groups in total. The number of nitrogens with one attached hydrogen (secondary N) is 1. The number of hydrogen-bond acceptors (Lipinski definition) is 2. The minimum absolute atomic E-state index is 0.0886. The fourth-order valence-electron chi connectivity index (χ4n) is 2.06. The Balaban J connectivity index is 2.33. The highest BCUT2D eigenvalue weighted by molar-refractivity contribution is 5.31. The molecule has 0 saturated heterocycles. The quantitative estimate of drug-likeness (QED) is 0.869. The van der Waals surface area contributed by atoms with Crippen LogP contribution in [-0.2, 0) is 0 Å². The fraction of sp³-hybridized carbons (Fsp3) is 0.333. The molecule has 18 heavy (non-hydrogen) atoms. The van der Waals surface area contributed by atoms with Crippen molar-refractivity contribution in [2.45, 2.75) is 26.3 Å². The summed E-state index contributed by atoms with van der Waals surface area (Å²) in [7, 11) is 0. The first-order valence-corrected chi connectivity index (χ1v) is 6.24. The van der Waals surface area contributed by atoms with Crippen LogP contribution in [0.5, 0.6) is 0 Å². The minimum Gasteiger partial charge on any atom is -0.467 e. The standard InChI is InChI=1S/C15H18FNO/c1-3-6-17-15(14-5-4-7-18-14)12-8-11(2)9-13(16)10-12/h4-5,7-10,15,17H,3,6H2,1-2H3. The Kier molecular flexibility index (Phi) is 4.15. The second kappa shape index (κ2) is 5.83. The third-order valence-corrected chi connectivity index (χ3v) is 2.82. The molecule has 1 aromatic heterocycles. The molecule has 0 aliphatic heterocycles. The maximum absolute atomic E-state index is 13.5. The first kappa shape index (κ1) is 12.8. The lowest BCUT2D eigenvalue weighted by Crippen LogP contribution is -2.23. The third kappa shape index (κ3) is 2.99. The van der Waals surface area contributed by atoms with Crippen molar-refractivity contribution in [1.29, 1.82) is 0 Å². The molecule has 96 valence electrons. The van der Waals surface area contributed by atoms with Crippen molar-refractivity contribution < 1.29 is 8.81 Å². The molecule has 0 saturated carbocycles. The summed E-state index contributed by atoms with van der Waals surface area (Å²) in [4.78, 5) is 0. The lowest BCUT2D eigenvalue weighted by molar-refractivity contribution is 0.445. The maximum Gasteiger partial charge on any atom is 0.125 e. The Morgan fingerprint density at radius 1 is 1.33 bits per heavy atom. The molecule has 0 aliphatic rings. The molecular weight excluding hydrogens is 229 g/mol. The van der Waals surface area contributed by atoms with Gasteiger partial charge in [0.25, 0.3) is 0 Å². The van der Waals surface area contributed by atoms with Gasteiger partial charge in [-0.05, 0) is 55.3 Å². The monoisotopic (exact) mass is 247 g/mol. The van der Waals surface area contributed by atoms with Gasteiger partial charge in [-0.15, -0.1) is 0 Å². The predicted molar refractivity (Wildman–Crippen MR) is 70.0 cm³/mol. The molecule has 1 atom stereocenters. The highest BCUT2D eigenvalue weighted by Gasteiger charge is 2.16. The average molecular weight is 247 g/mol. The van der Waals surface area contributed by atoms with Crippen molar-refractivity contribution in [2.24, 2.45) is 0 Å². The summed E-state index contributed by atoms with van der Waals surface area (Å²) in [5, 5.41) is 3.38. The number of rotatable bonds is 5. The van der Waals surface area contributed by atoms with Gasteiger partial charge in [-0.3, -0.25) is 0 Å². The highest BCUT2D eigenvalue weighted by Crippen LogP contribution is 2.24. The molecule has 0 amide bonds. The number of halogens is 1. The van der Waals surface area contributed by atoms with Crippen LogP contribution < -0.4 is 5.32 Å². The highest BCUT2D eigenvalue weighted by atomic mass is 19.1. The maximum atomic E-state index is 13.5. The number of benzene rings is 1. The van der Waals surface area contributed by atoms with E-state index in [1.807, 2.05) is 25.1 Å². The summed E-state index contributed by atoms with van der Waals surface area (Å²) in [5.74, 6) is 0.605. The van der Waals surface area contributed by atoms with Crippen molar-refractivity contribution in [3.63, 3.8) is 0 Å². The fourth-order valence-corrected chi connectivity index (χ4v) is 2.06. The SMILES string of the molecule is CCCNC(c1cc(C)cc(F)c1)c1ccco1. The van der Waals surface area contributed by atoms with Gasteiger partial charge < -0.3 is 9.73 Å². The molecule has 3 heteroatoms. The zero-order valence-corrected chi connectivity index (χ0v) is 10.7. The Hall–Kier alpha value is -1.61. The van der Waals surface area contributed by atoms with Gasteiger partial charge in [0, 0.05) is 0 Å². The van der Waals surface area contributed by atoms with E-state index in [0.29, 0.717) is 0 Å². The van der Waals surface area contributed by atoms with Crippen LogP contribution in [0.4, 0.5) is 4.39 Å². The smallest absolute Gasteiger partial charge is 0.125 e. The molecule has 2 aromatic rings. The normalized spacial score (nSPS) is 12.6. The van der Waals surface area contributed by atoms with E-state index in [1.54, 1.807) is 12.3 Å². The Morgan fingerprint density at radius 2 is 2.17 bits per heavy atom. The largest absolute Gasteiger partial charge is 0.467 e. The third-order valence-electron chi connectivity index (χ3n) is 2.82. The second-order valence-electron chi connectivity index (χ2n) is 4.46. The first-order chi connectivity index (χ1) is 8.70. The van der Waals surface area contributed by atoms with Gasteiger partial charge in [-0.25, -0.2) is 4.39 Å². The average Bonchev–Trinajstić information content (AvgIpc) is 2.82. The van der Waals surface area contributed by atoms with Crippen molar-refractivity contribution >= 4 is 0 Å².